The Labute approximate surface area is 152 Å². The first kappa shape index (κ1) is 17.9. The zero-order valence-corrected chi connectivity index (χ0v) is 15.1. The third kappa shape index (κ3) is 4.20. The molecule has 2 aromatic rings. The molecule has 1 saturated heterocycles. The van der Waals surface area contributed by atoms with E-state index in [4.69, 9.17) is 14.5 Å². The van der Waals surface area contributed by atoms with Crippen LogP contribution in [-0.4, -0.2) is 40.1 Å². The van der Waals surface area contributed by atoms with Crippen molar-refractivity contribution in [3.8, 4) is 11.9 Å². The molecule has 0 radical (unpaired) electrons. The van der Waals surface area contributed by atoms with E-state index in [0.29, 0.717) is 37.4 Å². The molecule has 7 nitrogen and oxygen atoms in total. The Morgan fingerprint density at radius 1 is 1.38 bits per heavy atom. The number of carbonyl (C=O) groups excluding carboxylic acids is 1. The highest BCUT2D eigenvalue weighted by Crippen LogP contribution is 2.19. The van der Waals surface area contributed by atoms with Crippen LogP contribution in [-0.2, 0) is 11.2 Å². The largest absolute Gasteiger partial charge is 0.474 e. The van der Waals surface area contributed by atoms with E-state index < -0.39 is 0 Å². The summed E-state index contributed by atoms with van der Waals surface area (Å²) < 4.78 is 11.0. The monoisotopic (exact) mass is 354 g/mol. The topological polar surface area (TPSA) is 92.3 Å². The van der Waals surface area contributed by atoms with Crippen molar-refractivity contribution in [3.63, 3.8) is 0 Å². The third-order valence-electron chi connectivity index (χ3n) is 4.72. The van der Waals surface area contributed by atoms with Gasteiger partial charge in [-0.25, -0.2) is 4.98 Å². The molecule has 3 heterocycles. The molecule has 0 N–H and O–H groups in total. The molecule has 0 aromatic carbocycles. The predicted molar refractivity (Wildman–Crippen MR) is 93.5 cm³/mol. The summed E-state index contributed by atoms with van der Waals surface area (Å²) in [5, 5.41) is 12.7. The average Bonchev–Trinajstić information content (AvgIpc) is 2.99. The summed E-state index contributed by atoms with van der Waals surface area (Å²) in [4.78, 5) is 18.5. The summed E-state index contributed by atoms with van der Waals surface area (Å²) in [7, 11) is 0. The van der Waals surface area contributed by atoms with Crippen LogP contribution in [0.15, 0.2) is 22.9 Å². The molecule has 0 bridgehead atoms. The second-order valence-corrected chi connectivity index (χ2v) is 6.50. The van der Waals surface area contributed by atoms with Gasteiger partial charge in [-0.2, -0.15) is 5.26 Å². The van der Waals surface area contributed by atoms with Gasteiger partial charge in [0, 0.05) is 50.2 Å². The lowest BCUT2D eigenvalue weighted by atomic mass is 10.0. The summed E-state index contributed by atoms with van der Waals surface area (Å²) in [5.74, 6) is 1.46. The summed E-state index contributed by atoms with van der Waals surface area (Å²) in [6.45, 7) is 5.14. The zero-order chi connectivity index (χ0) is 18.5. The number of hydrogen-bond donors (Lipinski definition) is 0. The van der Waals surface area contributed by atoms with Gasteiger partial charge in [0.25, 0.3) is 0 Å². The molecule has 0 spiro atoms. The first-order valence-corrected chi connectivity index (χ1v) is 8.79. The van der Waals surface area contributed by atoms with Crippen molar-refractivity contribution >= 4 is 5.91 Å². The van der Waals surface area contributed by atoms with Crippen molar-refractivity contribution < 1.29 is 14.1 Å². The lowest BCUT2D eigenvalue weighted by Gasteiger charge is -2.32. The number of nitrogens with zero attached hydrogens (tertiary/aromatic N) is 4. The van der Waals surface area contributed by atoms with Crippen molar-refractivity contribution in [1.29, 1.82) is 5.26 Å². The van der Waals surface area contributed by atoms with Crippen LogP contribution in [0.2, 0.25) is 0 Å². The number of aromatic nitrogens is 2. The predicted octanol–water partition coefficient (Wildman–Crippen LogP) is 2.56. The fourth-order valence-corrected chi connectivity index (χ4v) is 3.16. The minimum absolute atomic E-state index is 0.0436. The van der Waals surface area contributed by atoms with Crippen LogP contribution in [0.25, 0.3) is 0 Å². The van der Waals surface area contributed by atoms with Gasteiger partial charge in [-0.05, 0) is 26.3 Å². The van der Waals surface area contributed by atoms with Crippen molar-refractivity contribution in [2.45, 2.75) is 45.6 Å². The Morgan fingerprint density at radius 2 is 2.15 bits per heavy atom. The number of carbonyl (C=O) groups is 1. The Kier molecular flexibility index (Phi) is 5.52. The number of piperidine rings is 1. The van der Waals surface area contributed by atoms with E-state index in [2.05, 4.69) is 10.1 Å². The molecule has 136 valence electrons. The van der Waals surface area contributed by atoms with Crippen LogP contribution in [0.1, 0.15) is 41.8 Å². The Morgan fingerprint density at radius 3 is 2.73 bits per heavy atom. The van der Waals surface area contributed by atoms with Gasteiger partial charge in [-0.15, -0.1) is 0 Å². The van der Waals surface area contributed by atoms with Crippen LogP contribution in [0, 0.1) is 25.2 Å². The van der Waals surface area contributed by atoms with Crippen LogP contribution in [0.4, 0.5) is 0 Å². The fourth-order valence-electron chi connectivity index (χ4n) is 3.16. The normalized spacial score (nSPS) is 14.9. The number of pyridine rings is 1. The molecule has 1 amide bonds. The Hall–Kier alpha value is -2.88. The molecular weight excluding hydrogens is 332 g/mol. The minimum Gasteiger partial charge on any atom is -0.474 e. The smallest absolute Gasteiger partial charge is 0.222 e. The van der Waals surface area contributed by atoms with E-state index in [1.54, 1.807) is 12.1 Å². The molecule has 3 rings (SSSR count). The molecule has 1 aliphatic heterocycles. The summed E-state index contributed by atoms with van der Waals surface area (Å²) in [5.41, 5.74) is 2.40. The van der Waals surface area contributed by atoms with Crippen LogP contribution in [0.5, 0.6) is 5.88 Å². The van der Waals surface area contributed by atoms with Gasteiger partial charge < -0.3 is 14.2 Å². The summed E-state index contributed by atoms with van der Waals surface area (Å²) >= 11 is 0. The van der Waals surface area contributed by atoms with Gasteiger partial charge in [-0.3, -0.25) is 4.79 Å². The molecular formula is C19H22N4O3. The van der Waals surface area contributed by atoms with E-state index in [-0.39, 0.29) is 12.0 Å². The number of rotatable bonds is 5. The highest BCUT2D eigenvalue weighted by molar-refractivity contribution is 5.76. The second kappa shape index (κ2) is 8.00. The van der Waals surface area contributed by atoms with E-state index in [1.165, 1.54) is 6.20 Å². The van der Waals surface area contributed by atoms with E-state index >= 15 is 0 Å². The standard InChI is InChI=1S/C19H22N4O3/c1-13-17(14(2)26-22-13)4-6-19(24)23-9-7-16(8-10-23)25-18-5-3-15(11-20)12-21-18/h3,5,12,16H,4,6-10H2,1-2H3. The van der Waals surface area contributed by atoms with Gasteiger partial charge in [0.2, 0.25) is 11.8 Å². The van der Waals surface area contributed by atoms with E-state index in [9.17, 15) is 4.79 Å². The van der Waals surface area contributed by atoms with E-state index in [1.807, 2.05) is 24.8 Å². The molecule has 0 saturated carbocycles. The lowest BCUT2D eigenvalue weighted by molar-refractivity contribution is -0.132. The molecule has 0 unspecified atom stereocenters. The van der Waals surface area contributed by atoms with Crippen LogP contribution >= 0.6 is 0 Å². The molecule has 7 heteroatoms. The van der Waals surface area contributed by atoms with Gasteiger partial charge in [-0.1, -0.05) is 5.16 Å². The highest BCUT2D eigenvalue weighted by atomic mass is 16.5. The maximum atomic E-state index is 12.4. The van der Waals surface area contributed by atoms with Crippen molar-refractivity contribution in [2.24, 2.45) is 0 Å². The molecule has 0 atom stereocenters. The molecule has 1 aliphatic rings. The molecule has 0 aliphatic carbocycles. The number of ether oxygens (including phenoxy) is 1. The van der Waals surface area contributed by atoms with Crippen molar-refractivity contribution in [2.75, 3.05) is 13.1 Å². The van der Waals surface area contributed by atoms with Crippen LogP contribution in [0.3, 0.4) is 0 Å². The maximum Gasteiger partial charge on any atom is 0.222 e. The third-order valence-corrected chi connectivity index (χ3v) is 4.72. The molecule has 2 aromatic heterocycles. The molecule has 26 heavy (non-hydrogen) atoms. The van der Waals surface area contributed by atoms with Crippen molar-refractivity contribution in [3.05, 3.63) is 40.9 Å². The fraction of sp³-hybridized carbons (Fsp3) is 0.474. The molecule has 1 fully saturated rings. The average molecular weight is 354 g/mol. The van der Waals surface area contributed by atoms with Gasteiger partial charge in [0.05, 0.1) is 11.3 Å². The first-order chi connectivity index (χ1) is 12.6. The maximum absolute atomic E-state index is 12.4. The van der Waals surface area contributed by atoms with Crippen LogP contribution < -0.4 is 4.74 Å². The summed E-state index contributed by atoms with van der Waals surface area (Å²) in [6, 6.07) is 5.43. The summed E-state index contributed by atoms with van der Waals surface area (Å²) in [6.07, 6.45) is 4.22. The quantitative estimate of drug-likeness (QED) is 0.819. The SMILES string of the molecule is Cc1noc(C)c1CCC(=O)N1CCC(Oc2ccc(C#N)cn2)CC1. The Bertz CT molecular complexity index is 780. The van der Waals surface area contributed by atoms with Gasteiger partial charge in [0.15, 0.2) is 0 Å². The minimum atomic E-state index is 0.0436. The lowest BCUT2D eigenvalue weighted by Crippen LogP contribution is -2.42. The highest BCUT2D eigenvalue weighted by Gasteiger charge is 2.24. The number of hydrogen-bond acceptors (Lipinski definition) is 6. The number of likely N-dealkylation sites (tertiary alicyclic amines) is 1. The number of aryl methyl sites for hydroxylation is 2. The van der Waals surface area contributed by atoms with Gasteiger partial charge >= 0.3 is 0 Å². The number of amides is 1. The Balaban J connectivity index is 1.45. The van der Waals surface area contributed by atoms with E-state index in [0.717, 1.165) is 29.9 Å². The van der Waals surface area contributed by atoms with Gasteiger partial charge in [0.1, 0.15) is 17.9 Å². The second-order valence-electron chi connectivity index (χ2n) is 6.50. The zero-order valence-electron chi connectivity index (χ0n) is 15.1. The van der Waals surface area contributed by atoms with Crippen molar-refractivity contribution in [1.82, 2.24) is 15.0 Å². The number of nitriles is 1. The first-order valence-electron chi connectivity index (χ1n) is 8.79.